The van der Waals surface area contributed by atoms with Crippen LogP contribution in [-0.4, -0.2) is 38.8 Å². The van der Waals surface area contributed by atoms with Crippen LogP contribution in [-0.2, 0) is 18.9 Å². The smallest absolute Gasteiger partial charge is 0.199 e. The van der Waals surface area contributed by atoms with Gasteiger partial charge in [-0.3, -0.25) is 0 Å². The van der Waals surface area contributed by atoms with Crippen molar-refractivity contribution in [2.45, 2.75) is 31.7 Å². The minimum atomic E-state index is -0.0539. The lowest BCUT2D eigenvalue weighted by Gasteiger charge is -2.19. The van der Waals surface area contributed by atoms with Crippen LogP contribution < -0.4 is 0 Å². The first-order valence-corrected chi connectivity index (χ1v) is 5.56. The highest BCUT2D eigenvalue weighted by atomic mass is 16.7. The van der Waals surface area contributed by atoms with Gasteiger partial charge in [-0.1, -0.05) is 0 Å². The van der Waals surface area contributed by atoms with Crippen LogP contribution in [0.3, 0.4) is 0 Å². The van der Waals surface area contributed by atoms with Gasteiger partial charge in [0.1, 0.15) is 6.10 Å². The van der Waals surface area contributed by atoms with Crippen molar-refractivity contribution in [3.05, 3.63) is 12.3 Å². The molecule has 86 valence electrons. The Balaban J connectivity index is 1.39. The zero-order valence-electron chi connectivity index (χ0n) is 8.89. The van der Waals surface area contributed by atoms with Crippen molar-refractivity contribution >= 4 is 0 Å². The first-order valence-electron chi connectivity index (χ1n) is 5.56. The zero-order valence-corrected chi connectivity index (χ0v) is 8.89. The number of allylic oxidation sites excluding steroid dienone is 1. The van der Waals surface area contributed by atoms with Gasteiger partial charge in [-0.25, -0.2) is 0 Å². The van der Waals surface area contributed by atoms with E-state index in [9.17, 15) is 0 Å². The Morgan fingerprint density at radius 3 is 3.00 bits per heavy atom. The summed E-state index contributed by atoms with van der Waals surface area (Å²) < 4.78 is 21.2. The molecule has 0 spiro atoms. The first kappa shape index (κ1) is 10.9. The third-order valence-corrected chi connectivity index (χ3v) is 2.34. The van der Waals surface area contributed by atoms with Crippen molar-refractivity contribution in [2.24, 2.45) is 0 Å². The van der Waals surface area contributed by atoms with Crippen molar-refractivity contribution < 1.29 is 18.9 Å². The standard InChI is InChI=1S/C11H18O4/c1-2-6-13-11(4-1)14-7-3-5-12-8-10-9-15-10/h2,6,10-11H,1,3-5,7-9H2. The normalized spacial score (nSPS) is 28.8. The lowest BCUT2D eigenvalue weighted by molar-refractivity contribution is -0.118. The lowest BCUT2D eigenvalue weighted by Crippen LogP contribution is -2.18. The second kappa shape index (κ2) is 6.10. The van der Waals surface area contributed by atoms with E-state index in [1.165, 1.54) is 0 Å². The predicted molar refractivity (Wildman–Crippen MR) is 54.4 cm³/mol. The third kappa shape index (κ3) is 4.64. The molecule has 0 bridgehead atoms. The van der Waals surface area contributed by atoms with Crippen molar-refractivity contribution in [3.8, 4) is 0 Å². The Bertz CT molecular complexity index is 201. The van der Waals surface area contributed by atoms with E-state index < -0.39 is 0 Å². The summed E-state index contributed by atoms with van der Waals surface area (Å²) >= 11 is 0. The van der Waals surface area contributed by atoms with E-state index >= 15 is 0 Å². The maximum atomic E-state index is 5.52. The van der Waals surface area contributed by atoms with Gasteiger partial charge in [-0.05, 0) is 18.9 Å². The summed E-state index contributed by atoms with van der Waals surface area (Å²) in [7, 11) is 0. The molecular weight excluding hydrogens is 196 g/mol. The molecule has 0 aromatic rings. The quantitative estimate of drug-likeness (QED) is 0.475. The van der Waals surface area contributed by atoms with Crippen LogP contribution in [0, 0.1) is 0 Å². The fourth-order valence-corrected chi connectivity index (χ4v) is 1.39. The van der Waals surface area contributed by atoms with Crippen LogP contribution >= 0.6 is 0 Å². The number of hydrogen-bond donors (Lipinski definition) is 0. The van der Waals surface area contributed by atoms with Crippen LogP contribution in [0.25, 0.3) is 0 Å². The lowest BCUT2D eigenvalue weighted by atomic mass is 10.3. The van der Waals surface area contributed by atoms with Crippen LogP contribution in [0.5, 0.6) is 0 Å². The average Bonchev–Trinajstić information content (AvgIpc) is 3.09. The number of rotatable bonds is 7. The molecule has 2 aliphatic rings. The van der Waals surface area contributed by atoms with E-state index in [1.807, 2.05) is 6.08 Å². The Hall–Kier alpha value is -0.580. The molecule has 0 aromatic carbocycles. The first-order chi connectivity index (χ1) is 7.45. The van der Waals surface area contributed by atoms with Crippen molar-refractivity contribution in [2.75, 3.05) is 26.4 Å². The molecule has 4 nitrogen and oxygen atoms in total. The average molecular weight is 214 g/mol. The van der Waals surface area contributed by atoms with Crippen molar-refractivity contribution in [1.29, 1.82) is 0 Å². The van der Waals surface area contributed by atoms with Crippen LogP contribution in [0.1, 0.15) is 19.3 Å². The fraction of sp³-hybridized carbons (Fsp3) is 0.818. The molecule has 0 saturated carbocycles. The molecule has 1 fully saturated rings. The van der Waals surface area contributed by atoms with Gasteiger partial charge in [0.25, 0.3) is 0 Å². The van der Waals surface area contributed by atoms with E-state index in [4.69, 9.17) is 18.9 Å². The molecule has 0 radical (unpaired) electrons. The highest BCUT2D eigenvalue weighted by Crippen LogP contribution is 2.11. The summed E-state index contributed by atoms with van der Waals surface area (Å²) in [5.74, 6) is 0. The Kier molecular flexibility index (Phi) is 4.44. The van der Waals surface area contributed by atoms with Crippen LogP contribution in [0.4, 0.5) is 0 Å². The summed E-state index contributed by atoms with van der Waals surface area (Å²) in [6.45, 7) is 3.02. The highest BCUT2D eigenvalue weighted by molar-refractivity contribution is 4.79. The molecule has 2 rings (SSSR count). The number of hydrogen-bond acceptors (Lipinski definition) is 4. The molecule has 2 atom stereocenters. The van der Waals surface area contributed by atoms with E-state index in [1.54, 1.807) is 6.26 Å². The summed E-state index contributed by atoms with van der Waals surface area (Å²) in [6.07, 6.45) is 6.94. The van der Waals surface area contributed by atoms with Gasteiger partial charge in [-0.2, -0.15) is 0 Å². The second-order valence-electron chi connectivity index (χ2n) is 3.77. The molecule has 0 N–H and O–H groups in total. The molecule has 2 heterocycles. The van der Waals surface area contributed by atoms with Gasteiger partial charge in [0.2, 0.25) is 0 Å². The molecule has 1 saturated heterocycles. The second-order valence-corrected chi connectivity index (χ2v) is 3.77. The molecule has 2 unspecified atom stereocenters. The van der Waals surface area contributed by atoms with E-state index in [2.05, 4.69) is 0 Å². The Morgan fingerprint density at radius 1 is 1.33 bits per heavy atom. The topological polar surface area (TPSA) is 40.2 Å². The Morgan fingerprint density at radius 2 is 2.27 bits per heavy atom. The largest absolute Gasteiger partial charge is 0.473 e. The summed E-state index contributed by atoms with van der Waals surface area (Å²) in [5, 5.41) is 0. The van der Waals surface area contributed by atoms with Crippen molar-refractivity contribution in [3.63, 3.8) is 0 Å². The molecule has 4 heteroatoms. The SMILES string of the molecule is C1=COC(OCCCOCC2CO2)CC1. The molecule has 0 aliphatic carbocycles. The monoisotopic (exact) mass is 214 g/mol. The van der Waals surface area contributed by atoms with Gasteiger partial charge < -0.3 is 18.9 Å². The molecule has 0 aromatic heterocycles. The molecular formula is C11H18O4. The molecule has 15 heavy (non-hydrogen) atoms. The van der Waals surface area contributed by atoms with E-state index in [0.717, 1.165) is 39.1 Å². The minimum absolute atomic E-state index is 0.0539. The maximum Gasteiger partial charge on any atom is 0.199 e. The maximum absolute atomic E-state index is 5.52. The summed E-state index contributed by atoms with van der Waals surface area (Å²) in [6, 6.07) is 0. The minimum Gasteiger partial charge on any atom is -0.473 e. The Labute approximate surface area is 90.1 Å². The van der Waals surface area contributed by atoms with Gasteiger partial charge in [0.15, 0.2) is 6.29 Å². The fourth-order valence-electron chi connectivity index (χ4n) is 1.39. The van der Waals surface area contributed by atoms with Gasteiger partial charge in [0.05, 0.1) is 26.1 Å². The molecule has 2 aliphatic heterocycles. The summed E-state index contributed by atoms with van der Waals surface area (Å²) in [5.41, 5.74) is 0. The van der Waals surface area contributed by atoms with Crippen molar-refractivity contribution in [1.82, 2.24) is 0 Å². The third-order valence-electron chi connectivity index (χ3n) is 2.34. The van der Waals surface area contributed by atoms with Gasteiger partial charge in [0, 0.05) is 13.0 Å². The van der Waals surface area contributed by atoms with Crippen LogP contribution in [0.2, 0.25) is 0 Å². The van der Waals surface area contributed by atoms with Crippen LogP contribution in [0.15, 0.2) is 12.3 Å². The predicted octanol–water partition coefficient (Wildman–Crippen LogP) is 1.46. The van der Waals surface area contributed by atoms with Gasteiger partial charge in [-0.15, -0.1) is 0 Å². The molecule has 0 amide bonds. The van der Waals surface area contributed by atoms with E-state index in [0.29, 0.717) is 12.7 Å². The van der Waals surface area contributed by atoms with E-state index in [-0.39, 0.29) is 6.29 Å². The summed E-state index contributed by atoms with van der Waals surface area (Å²) in [4.78, 5) is 0. The highest BCUT2D eigenvalue weighted by Gasteiger charge is 2.21. The van der Waals surface area contributed by atoms with Gasteiger partial charge >= 0.3 is 0 Å². The number of epoxide rings is 1. The number of ether oxygens (including phenoxy) is 4. The zero-order chi connectivity index (χ0) is 10.3.